The van der Waals surface area contributed by atoms with Crippen molar-refractivity contribution in [1.29, 1.82) is 0 Å². The average molecular weight is 534 g/mol. The van der Waals surface area contributed by atoms with E-state index in [2.05, 4.69) is 25.9 Å². The highest BCUT2D eigenvalue weighted by atomic mass is 19.1. The van der Waals surface area contributed by atoms with Gasteiger partial charge in [-0.15, -0.1) is 0 Å². The molecule has 1 aliphatic carbocycles. The van der Waals surface area contributed by atoms with Gasteiger partial charge in [0.2, 0.25) is 11.9 Å². The first-order valence-electron chi connectivity index (χ1n) is 12.8. The van der Waals surface area contributed by atoms with E-state index in [4.69, 9.17) is 4.74 Å². The number of ether oxygens (including phenoxy) is 1. The third-order valence-electron chi connectivity index (χ3n) is 6.12. The van der Waals surface area contributed by atoms with Gasteiger partial charge in [-0.3, -0.25) is 14.9 Å². The summed E-state index contributed by atoms with van der Waals surface area (Å²) in [6.07, 6.45) is 3.02. The maximum Gasteiger partial charge on any atom is 0.408 e. The van der Waals surface area contributed by atoms with Gasteiger partial charge >= 0.3 is 6.09 Å². The third-order valence-corrected chi connectivity index (χ3v) is 6.12. The van der Waals surface area contributed by atoms with Crippen LogP contribution in [0.15, 0.2) is 60.8 Å². The maximum atomic E-state index is 13.3. The Labute approximate surface area is 226 Å². The summed E-state index contributed by atoms with van der Waals surface area (Å²) in [6.45, 7) is 5.29. The van der Waals surface area contributed by atoms with Crippen LogP contribution in [0.2, 0.25) is 0 Å². The van der Waals surface area contributed by atoms with E-state index < -0.39 is 29.5 Å². The van der Waals surface area contributed by atoms with Crippen LogP contribution in [0.25, 0.3) is 0 Å². The molecule has 9 nitrogen and oxygen atoms in total. The minimum absolute atomic E-state index is 0.162. The lowest BCUT2D eigenvalue weighted by molar-refractivity contribution is -0.124. The number of nitrogens with one attached hydrogen (secondary N) is 3. The Hall–Kier alpha value is -4.34. The van der Waals surface area contributed by atoms with E-state index in [0.29, 0.717) is 31.2 Å². The van der Waals surface area contributed by atoms with Gasteiger partial charge in [0.1, 0.15) is 17.5 Å². The highest BCUT2D eigenvalue weighted by Gasteiger charge is 2.28. The highest BCUT2D eigenvalue weighted by Crippen LogP contribution is 2.21. The number of hydrogen-bond acceptors (Lipinski definition) is 6. The lowest BCUT2D eigenvalue weighted by atomic mass is 9.92. The van der Waals surface area contributed by atoms with Crippen LogP contribution in [0.5, 0.6) is 0 Å². The van der Waals surface area contributed by atoms with Gasteiger partial charge in [0.25, 0.3) is 5.91 Å². The van der Waals surface area contributed by atoms with Gasteiger partial charge in [0, 0.05) is 29.9 Å². The monoisotopic (exact) mass is 533 g/mol. The summed E-state index contributed by atoms with van der Waals surface area (Å²) in [5.74, 6) is -1.000. The van der Waals surface area contributed by atoms with Crippen LogP contribution in [-0.2, 0) is 28.8 Å². The molecule has 3 N–H and O–H groups in total. The summed E-state index contributed by atoms with van der Waals surface area (Å²) in [5, 5.41) is 8.41. The zero-order valence-corrected chi connectivity index (χ0v) is 22.2. The fourth-order valence-corrected chi connectivity index (χ4v) is 4.28. The molecule has 4 rings (SSSR count). The Bertz CT molecular complexity index is 1330. The second-order valence-electron chi connectivity index (χ2n) is 10.5. The Morgan fingerprint density at radius 2 is 1.79 bits per heavy atom. The largest absolute Gasteiger partial charge is 0.444 e. The molecule has 2 atom stereocenters. The standard InChI is InChI=1S/C29H32FN5O4/c1-29(2,3)39-28(38)34-24(15-18-7-5-4-6-8-18)26(37)32-22-13-14-23-20(16-22)17-31-27(33-23)35-25(36)19-9-11-21(30)12-10-19/h4-12,17,22,24H,13-16H2,1-3H3,(H,32,37)(H,34,38)(H,31,33,35,36). The molecule has 1 aromatic heterocycles. The van der Waals surface area contributed by atoms with Crippen molar-refractivity contribution >= 4 is 23.9 Å². The fraction of sp³-hybridized carbons (Fsp3) is 0.345. The molecule has 0 radical (unpaired) electrons. The first-order chi connectivity index (χ1) is 18.6. The van der Waals surface area contributed by atoms with Gasteiger partial charge in [-0.2, -0.15) is 0 Å². The van der Waals surface area contributed by atoms with E-state index in [0.717, 1.165) is 16.8 Å². The first kappa shape index (κ1) is 27.7. The van der Waals surface area contributed by atoms with Crippen LogP contribution >= 0.6 is 0 Å². The van der Waals surface area contributed by atoms with Gasteiger partial charge in [-0.1, -0.05) is 30.3 Å². The van der Waals surface area contributed by atoms with Crippen LogP contribution in [-0.4, -0.2) is 45.6 Å². The third kappa shape index (κ3) is 8.07. The molecular weight excluding hydrogens is 501 g/mol. The van der Waals surface area contributed by atoms with Crippen LogP contribution in [0.4, 0.5) is 15.1 Å². The molecule has 1 aliphatic rings. The van der Waals surface area contributed by atoms with E-state index in [-0.39, 0.29) is 17.9 Å². The van der Waals surface area contributed by atoms with Crippen molar-refractivity contribution < 1.29 is 23.5 Å². The van der Waals surface area contributed by atoms with E-state index in [1.165, 1.54) is 24.3 Å². The Balaban J connectivity index is 1.39. The number of amides is 3. The number of aryl methyl sites for hydroxylation is 1. The predicted molar refractivity (Wildman–Crippen MR) is 144 cm³/mol. The maximum absolute atomic E-state index is 13.3. The summed E-state index contributed by atoms with van der Waals surface area (Å²) in [6, 6.07) is 13.7. The number of anilines is 1. The normalized spacial score (nSPS) is 15.4. The minimum atomic E-state index is -0.816. The number of fused-ring (bicyclic) bond motifs is 1. The Morgan fingerprint density at radius 1 is 1.08 bits per heavy atom. The average Bonchev–Trinajstić information content (AvgIpc) is 2.88. The molecule has 0 aliphatic heterocycles. The van der Waals surface area contributed by atoms with Crippen molar-refractivity contribution in [2.45, 2.75) is 64.1 Å². The van der Waals surface area contributed by atoms with Gasteiger partial charge < -0.3 is 15.4 Å². The molecule has 0 saturated carbocycles. The molecule has 0 saturated heterocycles. The second kappa shape index (κ2) is 12.0. The van der Waals surface area contributed by atoms with Crippen LogP contribution in [0.3, 0.4) is 0 Å². The predicted octanol–water partition coefficient (Wildman–Crippen LogP) is 3.98. The van der Waals surface area contributed by atoms with E-state index in [9.17, 15) is 18.8 Å². The van der Waals surface area contributed by atoms with Crippen LogP contribution in [0.1, 0.15) is 54.4 Å². The molecule has 2 unspecified atom stereocenters. The number of carbonyl (C=O) groups is 3. The number of halogens is 1. The van der Waals surface area contributed by atoms with E-state index in [1.54, 1.807) is 27.0 Å². The first-order valence-corrected chi connectivity index (χ1v) is 12.8. The van der Waals surface area contributed by atoms with Gasteiger partial charge in [-0.05, 0) is 75.4 Å². The van der Waals surface area contributed by atoms with Gasteiger partial charge in [0.15, 0.2) is 0 Å². The highest BCUT2D eigenvalue weighted by molar-refractivity contribution is 6.03. The molecule has 0 spiro atoms. The number of hydrogen-bond donors (Lipinski definition) is 3. The SMILES string of the molecule is CC(C)(C)OC(=O)NC(Cc1ccccc1)C(=O)NC1CCc2nc(NC(=O)c3ccc(F)cc3)ncc2C1. The van der Waals surface area contributed by atoms with Crippen molar-refractivity contribution in [2.75, 3.05) is 5.32 Å². The Kier molecular flexibility index (Phi) is 8.53. The van der Waals surface area contributed by atoms with Crippen molar-refractivity contribution in [3.63, 3.8) is 0 Å². The summed E-state index contributed by atoms with van der Waals surface area (Å²) >= 11 is 0. The van der Waals surface area contributed by atoms with Gasteiger partial charge in [-0.25, -0.2) is 19.2 Å². The van der Waals surface area contributed by atoms with Crippen LogP contribution < -0.4 is 16.0 Å². The van der Waals surface area contributed by atoms with Crippen molar-refractivity contribution in [2.24, 2.45) is 0 Å². The number of alkyl carbamates (subject to hydrolysis) is 1. The van der Waals surface area contributed by atoms with E-state index >= 15 is 0 Å². The number of benzene rings is 2. The summed E-state index contributed by atoms with van der Waals surface area (Å²) in [5.41, 5.74) is 2.17. The molecule has 0 fully saturated rings. The molecule has 1 heterocycles. The van der Waals surface area contributed by atoms with E-state index in [1.807, 2.05) is 30.3 Å². The fourth-order valence-electron chi connectivity index (χ4n) is 4.28. The number of aromatic nitrogens is 2. The number of nitrogens with zero attached hydrogens (tertiary/aromatic N) is 2. The van der Waals surface area contributed by atoms with Crippen LogP contribution in [0, 0.1) is 5.82 Å². The Morgan fingerprint density at radius 3 is 2.49 bits per heavy atom. The number of carbonyl (C=O) groups excluding carboxylic acids is 3. The molecular formula is C29H32FN5O4. The summed E-state index contributed by atoms with van der Waals surface area (Å²) in [7, 11) is 0. The molecule has 204 valence electrons. The topological polar surface area (TPSA) is 122 Å². The zero-order valence-electron chi connectivity index (χ0n) is 22.2. The minimum Gasteiger partial charge on any atom is -0.444 e. The zero-order chi connectivity index (χ0) is 28.0. The molecule has 2 aromatic carbocycles. The summed E-state index contributed by atoms with van der Waals surface area (Å²) in [4.78, 5) is 46.9. The van der Waals surface area contributed by atoms with Crippen molar-refractivity contribution in [1.82, 2.24) is 20.6 Å². The lowest BCUT2D eigenvalue weighted by Gasteiger charge is -2.28. The molecule has 39 heavy (non-hydrogen) atoms. The molecule has 0 bridgehead atoms. The quantitative estimate of drug-likeness (QED) is 0.422. The van der Waals surface area contributed by atoms with Crippen molar-refractivity contribution in [3.8, 4) is 0 Å². The smallest absolute Gasteiger partial charge is 0.408 e. The molecule has 10 heteroatoms. The van der Waals surface area contributed by atoms with Crippen molar-refractivity contribution in [3.05, 3.63) is 89.0 Å². The second-order valence-corrected chi connectivity index (χ2v) is 10.5. The van der Waals surface area contributed by atoms with Gasteiger partial charge in [0.05, 0.1) is 0 Å². The molecule has 3 aromatic rings. The summed E-state index contributed by atoms with van der Waals surface area (Å²) < 4.78 is 18.5. The number of rotatable bonds is 7. The lowest BCUT2D eigenvalue weighted by Crippen LogP contribution is -2.52. The molecule has 3 amide bonds.